The van der Waals surface area contributed by atoms with Gasteiger partial charge in [-0.15, -0.1) is 0 Å². The standard InChI is InChI=1S/C19H29N5O3.C10H18O4/c1-21-18(25)6-5-17(20-21)23-9-7-16(8-10-23)27-19(26)24-13-11-22(12-14-24)15-3-2-4-15;11-9(12)7-5-3-1-2-4-6-8-10(13)14/h5-6,15-16H,2-4,7-14H2,1H3;1-8H2,(H,11,12)(H,13,14). The highest BCUT2D eigenvalue weighted by Crippen LogP contribution is 2.26. The van der Waals surface area contributed by atoms with Gasteiger partial charge in [-0.2, -0.15) is 5.10 Å². The first-order chi connectivity index (χ1) is 19.7. The second-order valence-electron chi connectivity index (χ2n) is 11.2. The number of nitrogens with zero attached hydrogens (tertiary/aromatic N) is 5. The van der Waals surface area contributed by atoms with E-state index in [0.29, 0.717) is 0 Å². The van der Waals surface area contributed by atoms with Crippen LogP contribution in [0.25, 0.3) is 0 Å². The van der Waals surface area contributed by atoms with Gasteiger partial charge in [-0.3, -0.25) is 19.3 Å². The molecule has 2 N–H and O–H groups in total. The number of aliphatic carboxylic acids is 2. The molecular formula is C29H47N5O7. The van der Waals surface area contributed by atoms with Gasteiger partial charge in [0.15, 0.2) is 0 Å². The Kier molecular flexibility index (Phi) is 13.4. The van der Waals surface area contributed by atoms with E-state index in [9.17, 15) is 19.2 Å². The number of carbonyl (C=O) groups is 3. The van der Waals surface area contributed by atoms with Gasteiger partial charge in [0.2, 0.25) is 0 Å². The number of amides is 1. The molecule has 1 saturated carbocycles. The maximum absolute atomic E-state index is 12.5. The summed E-state index contributed by atoms with van der Waals surface area (Å²) in [6.45, 7) is 5.04. The first-order valence-electron chi connectivity index (χ1n) is 15.2. The Morgan fingerprint density at radius 2 is 1.39 bits per heavy atom. The van der Waals surface area contributed by atoms with E-state index < -0.39 is 11.9 Å². The molecule has 0 spiro atoms. The third kappa shape index (κ3) is 11.3. The Morgan fingerprint density at radius 3 is 1.88 bits per heavy atom. The Labute approximate surface area is 242 Å². The van der Waals surface area contributed by atoms with E-state index in [0.717, 1.165) is 102 Å². The summed E-state index contributed by atoms with van der Waals surface area (Å²) >= 11 is 0. The second kappa shape index (κ2) is 17.0. The van der Waals surface area contributed by atoms with Crippen LogP contribution >= 0.6 is 0 Å². The van der Waals surface area contributed by atoms with Gasteiger partial charge in [0.05, 0.1) is 0 Å². The minimum Gasteiger partial charge on any atom is -0.481 e. The Morgan fingerprint density at radius 1 is 0.829 bits per heavy atom. The number of carbonyl (C=O) groups excluding carboxylic acids is 1. The predicted octanol–water partition coefficient (Wildman–Crippen LogP) is 3.33. The number of hydrogen-bond donors (Lipinski definition) is 2. The number of rotatable bonds is 12. The minimum absolute atomic E-state index is 0.0362. The van der Waals surface area contributed by atoms with Gasteiger partial charge in [0, 0.05) is 84.1 Å². The van der Waals surface area contributed by atoms with Crippen molar-refractivity contribution >= 4 is 23.8 Å². The fourth-order valence-electron chi connectivity index (χ4n) is 5.36. The van der Waals surface area contributed by atoms with Crippen LogP contribution in [0.1, 0.15) is 83.5 Å². The molecule has 3 fully saturated rings. The number of carboxylic acids is 2. The van der Waals surface area contributed by atoms with Crippen molar-refractivity contribution in [3.05, 3.63) is 22.5 Å². The number of anilines is 1. The quantitative estimate of drug-likeness (QED) is 0.355. The maximum atomic E-state index is 12.5. The Hall–Kier alpha value is -3.15. The summed E-state index contributed by atoms with van der Waals surface area (Å²) in [5, 5.41) is 21.0. The molecule has 1 aromatic rings. The summed E-state index contributed by atoms with van der Waals surface area (Å²) in [6.07, 6.45) is 11.2. The summed E-state index contributed by atoms with van der Waals surface area (Å²) in [4.78, 5) is 50.8. The summed E-state index contributed by atoms with van der Waals surface area (Å²) in [5.74, 6) is -0.680. The van der Waals surface area contributed by atoms with Crippen molar-refractivity contribution in [1.29, 1.82) is 0 Å². The Bertz CT molecular complexity index is 1010. The van der Waals surface area contributed by atoms with E-state index >= 15 is 0 Å². The molecule has 0 bridgehead atoms. The molecule has 2 saturated heterocycles. The largest absolute Gasteiger partial charge is 0.481 e. The number of piperazine rings is 1. The van der Waals surface area contributed by atoms with E-state index in [-0.39, 0.29) is 30.6 Å². The van der Waals surface area contributed by atoms with Crippen LogP contribution in [0.5, 0.6) is 0 Å². The number of aromatic nitrogens is 2. The molecule has 12 nitrogen and oxygen atoms in total. The molecule has 1 amide bonds. The average molecular weight is 578 g/mol. The van der Waals surface area contributed by atoms with Crippen molar-refractivity contribution < 1.29 is 29.3 Å². The lowest BCUT2D eigenvalue weighted by atomic mass is 9.91. The van der Waals surface area contributed by atoms with Gasteiger partial charge in [-0.1, -0.05) is 32.1 Å². The van der Waals surface area contributed by atoms with E-state index in [2.05, 4.69) is 14.9 Å². The molecular weight excluding hydrogens is 530 g/mol. The van der Waals surface area contributed by atoms with Crippen LogP contribution in [-0.2, 0) is 21.4 Å². The molecule has 41 heavy (non-hydrogen) atoms. The molecule has 0 unspecified atom stereocenters. The van der Waals surface area contributed by atoms with Gasteiger partial charge >= 0.3 is 18.0 Å². The number of piperidine rings is 1. The van der Waals surface area contributed by atoms with E-state index in [1.54, 1.807) is 13.1 Å². The van der Waals surface area contributed by atoms with Crippen LogP contribution in [0.4, 0.5) is 10.6 Å². The average Bonchev–Trinajstić information content (AvgIpc) is 2.92. The number of aryl methyl sites for hydroxylation is 1. The topological polar surface area (TPSA) is 146 Å². The second-order valence-corrected chi connectivity index (χ2v) is 11.2. The fraction of sp³-hybridized carbons (Fsp3) is 0.759. The molecule has 2 aliphatic heterocycles. The third-order valence-corrected chi connectivity index (χ3v) is 8.17. The molecule has 0 atom stereocenters. The predicted molar refractivity (Wildman–Crippen MR) is 154 cm³/mol. The molecule has 0 aromatic carbocycles. The molecule has 12 heteroatoms. The lowest BCUT2D eigenvalue weighted by Gasteiger charge is -2.43. The number of unbranched alkanes of at least 4 members (excludes halogenated alkanes) is 5. The zero-order valence-electron chi connectivity index (χ0n) is 24.4. The van der Waals surface area contributed by atoms with Crippen molar-refractivity contribution in [3.8, 4) is 0 Å². The zero-order valence-corrected chi connectivity index (χ0v) is 24.4. The molecule has 4 rings (SSSR count). The molecule has 230 valence electrons. The van der Waals surface area contributed by atoms with Gasteiger partial charge < -0.3 is 24.7 Å². The van der Waals surface area contributed by atoms with Crippen molar-refractivity contribution in [2.75, 3.05) is 44.2 Å². The number of hydrogen-bond acceptors (Lipinski definition) is 8. The van der Waals surface area contributed by atoms with Crippen LogP contribution in [0.15, 0.2) is 16.9 Å². The fourth-order valence-corrected chi connectivity index (χ4v) is 5.36. The highest BCUT2D eigenvalue weighted by molar-refractivity contribution is 5.68. The molecule has 3 aliphatic rings. The lowest BCUT2D eigenvalue weighted by molar-refractivity contribution is -0.138. The highest BCUT2D eigenvalue weighted by atomic mass is 16.6. The van der Waals surface area contributed by atoms with Gasteiger partial charge in [-0.25, -0.2) is 9.48 Å². The molecule has 0 radical (unpaired) electrons. The summed E-state index contributed by atoms with van der Waals surface area (Å²) in [5.41, 5.74) is -0.111. The maximum Gasteiger partial charge on any atom is 0.410 e. The van der Waals surface area contributed by atoms with Crippen molar-refractivity contribution in [2.45, 2.75) is 95.6 Å². The van der Waals surface area contributed by atoms with E-state index in [1.807, 2.05) is 4.90 Å². The molecule has 1 aliphatic carbocycles. The van der Waals surface area contributed by atoms with Crippen LogP contribution in [-0.4, -0.2) is 99.2 Å². The number of ether oxygens (including phenoxy) is 1. The van der Waals surface area contributed by atoms with Crippen LogP contribution in [0.3, 0.4) is 0 Å². The minimum atomic E-state index is -0.740. The van der Waals surface area contributed by atoms with Crippen molar-refractivity contribution in [2.24, 2.45) is 7.05 Å². The third-order valence-electron chi connectivity index (χ3n) is 8.17. The van der Waals surface area contributed by atoms with Crippen LogP contribution < -0.4 is 10.5 Å². The molecule has 1 aromatic heterocycles. The van der Waals surface area contributed by atoms with Crippen LogP contribution in [0.2, 0.25) is 0 Å². The van der Waals surface area contributed by atoms with Gasteiger partial charge in [-0.05, 0) is 31.7 Å². The summed E-state index contributed by atoms with van der Waals surface area (Å²) in [6, 6.07) is 4.05. The smallest absolute Gasteiger partial charge is 0.410 e. The first-order valence-corrected chi connectivity index (χ1v) is 15.2. The Balaban J connectivity index is 0.000000282. The van der Waals surface area contributed by atoms with Crippen LogP contribution in [0, 0.1) is 0 Å². The SMILES string of the molecule is Cn1nc(N2CCC(OC(=O)N3CCN(C4CCC4)CC3)CC2)ccc1=O.O=C(O)CCCCCCCCC(=O)O. The van der Waals surface area contributed by atoms with Crippen molar-refractivity contribution in [1.82, 2.24) is 19.6 Å². The van der Waals surface area contributed by atoms with Gasteiger partial charge in [0.25, 0.3) is 5.56 Å². The monoisotopic (exact) mass is 577 g/mol. The molecule has 3 heterocycles. The van der Waals surface area contributed by atoms with Gasteiger partial charge in [0.1, 0.15) is 11.9 Å². The summed E-state index contributed by atoms with van der Waals surface area (Å²) < 4.78 is 7.11. The highest BCUT2D eigenvalue weighted by Gasteiger charge is 2.31. The number of carboxylic acid groups (broad SMARTS) is 2. The lowest BCUT2D eigenvalue weighted by Crippen LogP contribution is -2.54. The van der Waals surface area contributed by atoms with E-state index in [4.69, 9.17) is 14.9 Å². The van der Waals surface area contributed by atoms with E-state index in [1.165, 1.54) is 30.0 Å². The zero-order chi connectivity index (χ0) is 29.6. The summed E-state index contributed by atoms with van der Waals surface area (Å²) in [7, 11) is 1.66. The normalized spacial score (nSPS) is 18.3. The van der Waals surface area contributed by atoms with Crippen molar-refractivity contribution in [3.63, 3.8) is 0 Å². The first kappa shape index (κ1) is 32.4.